The maximum Gasteiger partial charge on any atom is 0.157 e. The van der Waals surface area contributed by atoms with E-state index in [1.807, 2.05) is 48.6 Å². The third kappa shape index (κ3) is 2.47. The second-order valence-electron chi connectivity index (χ2n) is 4.51. The van der Waals surface area contributed by atoms with Crippen LogP contribution in [0.3, 0.4) is 0 Å². The van der Waals surface area contributed by atoms with Gasteiger partial charge in [-0.25, -0.2) is 4.98 Å². The van der Waals surface area contributed by atoms with Gasteiger partial charge in [-0.2, -0.15) is 0 Å². The highest BCUT2D eigenvalue weighted by molar-refractivity contribution is 5.80. The minimum atomic E-state index is -0.126. The first-order valence-corrected chi connectivity index (χ1v) is 6.28. The van der Waals surface area contributed by atoms with Gasteiger partial charge in [0.1, 0.15) is 0 Å². The monoisotopic (exact) mass is 263 g/mol. The molecule has 0 radical (unpaired) electrons. The lowest BCUT2D eigenvalue weighted by molar-refractivity contribution is 0.403. The number of rotatable bonds is 2. The lowest BCUT2D eigenvalue weighted by Crippen LogP contribution is -1.82. The molecule has 0 amide bonds. The van der Waals surface area contributed by atoms with Crippen molar-refractivity contribution in [2.75, 3.05) is 0 Å². The van der Waals surface area contributed by atoms with Crippen molar-refractivity contribution in [3.8, 4) is 11.5 Å². The zero-order valence-electron chi connectivity index (χ0n) is 10.7. The van der Waals surface area contributed by atoms with Gasteiger partial charge in [-0.3, -0.25) is 0 Å². The van der Waals surface area contributed by atoms with Gasteiger partial charge in [-0.05, 0) is 35.9 Å². The Bertz CT molecular complexity index is 794. The van der Waals surface area contributed by atoms with Crippen molar-refractivity contribution < 1.29 is 10.2 Å². The van der Waals surface area contributed by atoms with E-state index in [1.165, 1.54) is 12.1 Å². The van der Waals surface area contributed by atoms with Gasteiger partial charge in [0.2, 0.25) is 0 Å². The lowest BCUT2D eigenvalue weighted by Gasteiger charge is -2.00. The molecule has 3 aromatic rings. The molecular formula is C17H13NO2. The number of aromatic nitrogens is 1. The highest BCUT2D eigenvalue weighted by Crippen LogP contribution is 2.25. The molecule has 20 heavy (non-hydrogen) atoms. The molecule has 2 aromatic carbocycles. The van der Waals surface area contributed by atoms with Crippen molar-refractivity contribution in [2.24, 2.45) is 0 Å². The molecule has 1 aromatic heterocycles. The van der Waals surface area contributed by atoms with Crippen LogP contribution in [0.2, 0.25) is 0 Å². The summed E-state index contributed by atoms with van der Waals surface area (Å²) in [6.45, 7) is 0. The number of hydrogen-bond acceptors (Lipinski definition) is 3. The van der Waals surface area contributed by atoms with Crippen LogP contribution >= 0.6 is 0 Å². The van der Waals surface area contributed by atoms with Gasteiger partial charge in [-0.15, -0.1) is 0 Å². The number of hydrogen-bond donors (Lipinski definition) is 2. The first-order chi connectivity index (χ1) is 9.72. The van der Waals surface area contributed by atoms with E-state index in [0.717, 1.165) is 22.2 Å². The topological polar surface area (TPSA) is 53.4 Å². The van der Waals surface area contributed by atoms with Crippen LogP contribution in [0.25, 0.3) is 23.1 Å². The fourth-order valence-electron chi connectivity index (χ4n) is 2.00. The molecule has 2 N–H and O–H groups in total. The Kier molecular flexibility index (Phi) is 3.09. The zero-order chi connectivity index (χ0) is 13.9. The van der Waals surface area contributed by atoms with Crippen molar-refractivity contribution in [1.82, 2.24) is 4.98 Å². The Balaban J connectivity index is 1.91. The number of pyridine rings is 1. The minimum absolute atomic E-state index is 0.119. The predicted octanol–water partition coefficient (Wildman–Crippen LogP) is 3.82. The largest absolute Gasteiger partial charge is 0.504 e. The summed E-state index contributed by atoms with van der Waals surface area (Å²) in [5.41, 5.74) is 2.59. The Morgan fingerprint density at radius 1 is 0.800 bits per heavy atom. The van der Waals surface area contributed by atoms with E-state index in [0.29, 0.717) is 0 Å². The van der Waals surface area contributed by atoms with Crippen LogP contribution < -0.4 is 0 Å². The molecule has 3 rings (SSSR count). The van der Waals surface area contributed by atoms with E-state index < -0.39 is 0 Å². The van der Waals surface area contributed by atoms with Gasteiger partial charge in [0.25, 0.3) is 0 Å². The number of fused-ring (bicyclic) bond motifs is 1. The highest BCUT2D eigenvalue weighted by Gasteiger charge is 1.98. The van der Waals surface area contributed by atoms with Gasteiger partial charge in [0.05, 0.1) is 11.2 Å². The normalized spacial score (nSPS) is 11.2. The average Bonchev–Trinajstić information content (AvgIpc) is 2.48. The molecule has 0 saturated carbocycles. The number of benzene rings is 2. The van der Waals surface area contributed by atoms with Crippen LogP contribution in [0.15, 0.2) is 54.6 Å². The third-order valence-corrected chi connectivity index (χ3v) is 3.07. The zero-order valence-corrected chi connectivity index (χ0v) is 10.7. The molecule has 0 aliphatic carbocycles. The van der Waals surface area contributed by atoms with Crippen LogP contribution in [-0.4, -0.2) is 15.2 Å². The number of phenolic OH excluding ortho intramolecular Hbond substituents is 2. The maximum absolute atomic E-state index is 9.44. The predicted molar refractivity (Wildman–Crippen MR) is 80.4 cm³/mol. The Hall–Kier alpha value is -2.81. The van der Waals surface area contributed by atoms with Gasteiger partial charge in [0.15, 0.2) is 11.5 Å². The summed E-state index contributed by atoms with van der Waals surface area (Å²) in [6.07, 6.45) is 3.72. The maximum atomic E-state index is 9.44. The SMILES string of the molecule is Oc1ccc(/C=C/c2ccc3ccccc3n2)cc1O. The van der Waals surface area contributed by atoms with E-state index >= 15 is 0 Å². The van der Waals surface area contributed by atoms with Crippen LogP contribution in [0.5, 0.6) is 11.5 Å². The van der Waals surface area contributed by atoms with Gasteiger partial charge in [0, 0.05) is 5.39 Å². The molecule has 3 nitrogen and oxygen atoms in total. The molecular weight excluding hydrogens is 250 g/mol. The average molecular weight is 263 g/mol. The number of para-hydroxylation sites is 1. The standard InChI is InChI=1S/C17H13NO2/c19-16-10-6-12(11-17(16)20)5-8-14-9-7-13-3-1-2-4-15(13)18-14/h1-11,19-20H/b8-5+. The molecule has 0 unspecified atom stereocenters. The summed E-state index contributed by atoms with van der Waals surface area (Å²) in [6, 6.07) is 16.6. The number of aromatic hydroxyl groups is 2. The fourth-order valence-corrected chi connectivity index (χ4v) is 2.00. The van der Waals surface area contributed by atoms with Crippen LogP contribution in [0.1, 0.15) is 11.3 Å². The summed E-state index contributed by atoms with van der Waals surface area (Å²) in [5.74, 6) is -0.246. The Morgan fingerprint density at radius 3 is 2.50 bits per heavy atom. The van der Waals surface area contributed by atoms with Gasteiger partial charge >= 0.3 is 0 Å². The first kappa shape index (κ1) is 12.2. The van der Waals surface area contributed by atoms with E-state index in [4.69, 9.17) is 0 Å². The minimum Gasteiger partial charge on any atom is -0.504 e. The second kappa shape index (κ2) is 5.05. The Labute approximate surface area is 116 Å². The van der Waals surface area contributed by atoms with E-state index in [2.05, 4.69) is 4.98 Å². The van der Waals surface area contributed by atoms with Crippen LogP contribution in [-0.2, 0) is 0 Å². The number of phenols is 2. The Morgan fingerprint density at radius 2 is 1.65 bits per heavy atom. The smallest absolute Gasteiger partial charge is 0.157 e. The highest BCUT2D eigenvalue weighted by atomic mass is 16.3. The first-order valence-electron chi connectivity index (χ1n) is 6.28. The molecule has 0 bridgehead atoms. The third-order valence-electron chi connectivity index (χ3n) is 3.07. The fraction of sp³-hybridized carbons (Fsp3) is 0. The lowest BCUT2D eigenvalue weighted by atomic mass is 10.1. The van der Waals surface area contributed by atoms with E-state index in [1.54, 1.807) is 6.07 Å². The quantitative estimate of drug-likeness (QED) is 0.691. The number of nitrogens with zero attached hydrogens (tertiary/aromatic N) is 1. The second-order valence-corrected chi connectivity index (χ2v) is 4.51. The summed E-state index contributed by atoms with van der Waals surface area (Å²) in [4.78, 5) is 4.53. The summed E-state index contributed by atoms with van der Waals surface area (Å²) >= 11 is 0. The van der Waals surface area contributed by atoms with Gasteiger partial charge < -0.3 is 10.2 Å². The molecule has 1 heterocycles. The van der Waals surface area contributed by atoms with Crippen LogP contribution in [0.4, 0.5) is 0 Å². The van der Waals surface area contributed by atoms with Crippen LogP contribution in [0, 0.1) is 0 Å². The van der Waals surface area contributed by atoms with Crippen molar-refractivity contribution in [3.05, 3.63) is 65.9 Å². The summed E-state index contributed by atoms with van der Waals surface area (Å²) < 4.78 is 0. The summed E-state index contributed by atoms with van der Waals surface area (Å²) in [7, 11) is 0. The molecule has 0 atom stereocenters. The van der Waals surface area contributed by atoms with Crippen molar-refractivity contribution >= 4 is 23.1 Å². The van der Waals surface area contributed by atoms with Crippen molar-refractivity contribution in [3.63, 3.8) is 0 Å². The van der Waals surface area contributed by atoms with Crippen molar-refractivity contribution in [2.45, 2.75) is 0 Å². The molecule has 0 fully saturated rings. The van der Waals surface area contributed by atoms with Gasteiger partial charge in [-0.1, -0.05) is 36.4 Å². The van der Waals surface area contributed by atoms with E-state index in [-0.39, 0.29) is 11.5 Å². The summed E-state index contributed by atoms with van der Waals surface area (Å²) in [5, 5.41) is 19.8. The molecule has 98 valence electrons. The molecule has 0 saturated heterocycles. The van der Waals surface area contributed by atoms with Crippen molar-refractivity contribution in [1.29, 1.82) is 0 Å². The molecule has 0 aliphatic heterocycles. The molecule has 3 heteroatoms. The van der Waals surface area contributed by atoms with E-state index in [9.17, 15) is 10.2 Å². The molecule has 0 spiro atoms. The molecule has 0 aliphatic rings.